The van der Waals surface area contributed by atoms with E-state index in [1.165, 1.54) is 12.7 Å². The molecule has 0 saturated carbocycles. The van der Waals surface area contributed by atoms with Gasteiger partial charge in [-0.05, 0) is 0 Å². The average Bonchev–Trinajstić information content (AvgIpc) is 2.64. The van der Waals surface area contributed by atoms with Crippen molar-refractivity contribution in [1.29, 1.82) is 0 Å². The number of carbonyl (C=O) groups is 1. The topological polar surface area (TPSA) is 80.6 Å². The van der Waals surface area contributed by atoms with Crippen molar-refractivity contribution in [2.75, 3.05) is 0 Å². The second-order valence-corrected chi connectivity index (χ2v) is 2.84. The summed E-state index contributed by atoms with van der Waals surface area (Å²) in [7, 11) is 0. The number of rotatable bonds is 3. The minimum Gasteiger partial charge on any atom is -0.311 e. The van der Waals surface area contributed by atoms with E-state index in [9.17, 15) is 9.59 Å². The zero-order chi connectivity index (χ0) is 10.7. The third kappa shape index (κ3) is 1.69. The summed E-state index contributed by atoms with van der Waals surface area (Å²) in [6.07, 6.45) is 7.22. The van der Waals surface area contributed by atoms with Gasteiger partial charge < -0.3 is 9.78 Å². The summed E-state index contributed by atoms with van der Waals surface area (Å²) >= 11 is 0. The normalized spacial score (nSPS) is 11.2. The molecule has 0 radical (unpaired) electrons. The van der Waals surface area contributed by atoms with E-state index in [1.54, 1.807) is 16.8 Å². The predicted octanol–water partition coefficient (Wildman–Crippen LogP) is 0.179. The molecule has 15 heavy (non-hydrogen) atoms. The molecular formula is C9H8N4O2. The zero-order valence-corrected chi connectivity index (χ0v) is 7.75. The summed E-state index contributed by atoms with van der Waals surface area (Å²) in [5.74, 6) is 0. The van der Waals surface area contributed by atoms with E-state index < -0.39 is 0 Å². The van der Waals surface area contributed by atoms with Gasteiger partial charge in [0.15, 0.2) is 11.2 Å². The van der Waals surface area contributed by atoms with E-state index in [2.05, 4.69) is 15.0 Å². The van der Waals surface area contributed by atoms with E-state index in [0.717, 1.165) is 6.29 Å². The molecular weight excluding hydrogens is 196 g/mol. The molecule has 0 amide bonds. The number of carbonyl (C=O) groups excluding carboxylic acids is 1. The number of nitrogens with zero attached hydrogens (tertiary/aromatic N) is 3. The lowest BCUT2D eigenvalue weighted by Crippen LogP contribution is -2.06. The fourth-order valence-corrected chi connectivity index (χ4v) is 1.20. The van der Waals surface area contributed by atoms with E-state index >= 15 is 0 Å². The first-order valence-corrected chi connectivity index (χ1v) is 4.33. The van der Waals surface area contributed by atoms with Crippen LogP contribution >= 0.6 is 0 Å². The molecule has 0 aliphatic carbocycles. The first-order valence-electron chi connectivity index (χ1n) is 4.33. The Bertz CT molecular complexity index is 567. The largest absolute Gasteiger partial charge is 0.311 e. The Morgan fingerprint density at radius 1 is 1.47 bits per heavy atom. The molecule has 0 aliphatic heterocycles. The van der Waals surface area contributed by atoms with Crippen LogP contribution in [0.1, 0.15) is 6.42 Å². The lowest BCUT2D eigenvalue weighted by Gasteiger charge is -1.92. The molecule has 0 saturated heterocycles. The van der Waals surface area contributed by atoms with E-state index in [0.29, 0.717) is 12.1 Å². The van der Waals surface area contributed by atoms with Gasteiger partial charge in [-0.25, -0.2) is 9.97 Å². The molecule has 0 aromatic carbocycles. The van der Waals surface area contributed by atoms with Crippen LogP contribution in [0.2, 0.25) is 0 Å². The number of aromatic amines is 1. The minimum atomic E-state index is -0.275. The summed E-state index contributed by atoms with van der Waals surface area (Å²) in [5, 5.41) is 0. The van der Waals surface area contributed by atoms with Gasteiger partial charge in [-0.2, -0.15) is 0 Å². The monoisotopic (exact) mass is 204 g/mol. The van der Waals surface area contributed by atoms with Gasteiger partial charge in [-0.1, -0.05) is 6.08 Å². The van der Waals surface area contributed by atoms with E-state index in [4.69, 9.17) is 0 Å². The Morgan fingerprint density at radius 3 is 3.13 bits per heavy atom. The van der Waals surface area contributed by atoms with E-state index in [-0.39, 0.29) is 11.1 Å². The van der Waals surface area contributed by atoms with Crippen LogP contribution in [-0.4, -0.2) is 25.8 Å². The highest BCUT2D eigenvalue weighted by Crippen LogP contribution is 2.03. The third-order valence-electron chi connectivity index (χ3n) is 1.86. The maximum atomic E-state index is 11.3. The SMILES string of the molecule is O=CCC=Cn1cnc2c(=O)[nH]cnc21. The van der Waals surface area contributed by atoms with Crippen molar-refractivity contribution in [3.05, 3.63) is 29.1 Å². The summed E-state index contributed by atoms with van der Waals surface area (Å²) in [6.45, 7) is 0. The number of aromatic nitrogens is 4. The first-order chi connectivity index (χ1) is 7.33. The summed E-state index contributed by atoms with van der Waals surface area (Å²) in [5.41, 5.74) is 0.483. The molecule has 6 heteroatoms. The highest BCUT2D eigenvalue weighted by molar-refractivity contribution is 5.71. The van der Waals surface area contributed by atoms with Crippen molar-refractivity contribution in [2.45, 2.75) is 6.42 Å². The molecule has 0 bridgehead atoms. The Hall–Kier alpha value is -2.24. The molecule has 2 heterocycles. The van der Waals surface area contributed by atoms with Crippen LogP contribution in [0.3, 0.4) is 0 Å². The minimum absolute atomic E-state index is 0.275. The van der Waals surface area contributed by atoms with Gasteiger partial charge in [0.05, 0.1) is 6.33 Å². The second kappa shape index (κ2) is 3.87. The zero-order valence-electron chi connectivity index (χ0n) is 7.75. The Kier molecular flexibility index (Phi) is 2.40. The third-order valence-corrected chi connectivity index (χ3v) is 1.86. The first kappa shape index (κ1) is 9.32. The molecule has 2 aromatic rings. The Labute approximate surface area is 84.3 Å². The summed E-state index contributed by atoms with van der Waals surface area (Å²) in [6, 6.07) is 0. The Morgan fingerprint density at radius 2 is 2.33 bits per heavy atom. The van der Waals surface area contributed by atoms with Crippen molar-refractivity contribution < 1.29 is 4.79 Å². The number of fused-ring (bicyclic) bond motifs is 1. The van der Waals surface area contributed by atoms with E-state index in [1.807, 2.05) is 0 Å². The molecule has 0 spiro atoms. The molecule has 1 N–H and O–H groups in total. The van der Waals surface area contributed by atoms with Crippen LogP contribution in [0.4, 0.5) is 0 Å². The highest BCUT2D eigenvalue weighted by atomic mass is 16.1. The van der Waals surface area contributed by atoms with Gasteiger partial charge in [0.25, 0.3) is 5.56 Å². The van der Waals surface area contributed by atoms with Crippen LogP contribution in [-0.2, 0) is 4.79 Å². The number of nitrogens with one attached hydrogen (secondary N) is 1. The summed E-state index contributed by atoms with van der Waals surface area (Å²) in [4.78, 5) is 31.7. The maximum Gasteiger partial charge on any atom is 0.278 e. The van der Waals surface area contributed by atoms with Gasteiger partial charge in [-0.15, -0.1) is 0 Å². The smallest absolute Gasteiger partial charge is 0.278 e. The quantitative estimate of drug-likeness (QED) is 0.723. The summed E-state index contributed by atoms with van der Waals surface area (Å²) < 4.78 is 1.59. The van der Waals surface area contributed by atoms with Gasteiger partial charge in [0.1, 0.15) is 12.6 Å². The maximum absolute atomic E-state index is 11.3. The van der Waals surface area contributed by atoms with Crippen molar-refractivity contribution >= 4 is 23.6 Å². The van der Waals surface area contributed by atoms with Gasteiger partial charge in [-0.3, -0.25) is 9.36 Å². The van der Waals surface area contributed by atoms with Gasteiger partial charge in [0.2, 0.25) is 0 Å². The van der Waals surface area contributed by atoms with Gasteiger partial charge >= 0.3 is 0 Å². The van der Waals surface area contributed by atoms with Crippen LogP contribution < -0.4 is 5.56 Å². The second-order valence-electron chi connectivity index (χ2n) is 2.84. The predicted molar refractivity (Wildman–Crippen MR) is 54.2 cm³/mol. The standard InChI is InChI=1S/C9H8N4O2/c14-4-2-1-3-13-6-12-7-8(13)10-5-11-9(7)15/h1,3-6H,2H2,(H,10,11,15). The molecule has 0 unspecified atom stereocenters. The number of aldehydes is 1. The fraction of sp³-hybridized carbons (Fsp3) is 0.111. The average molecular weight is 204 g/mol. The molecule has 2 rings (SSSR count). The molecule has 0 aliphatic rings. The van der Waals surface area contributed by atoms with Crippen molar-refractivity contribution in [3.63, 3.8) is 0 Å². The Balaban J connectivity index is 2.50. The van der Waals surface area contributed by atoms with Crippen LogP contribution in [0.25, 0.3) is 17.4 Å². The highest BCUT2D eigenvalue weighted by Gasteiger charge is 2.03. The van der Waals surface area contributed by atoms with Gasteiger partial charge in [0, 0.05) is 12.6 Å². The molecule has 76 valence electrons. The molecule has 6 nitrogen and oxygen atoms in total. The van der Waals surface area contributed by atoms with Crippen molar-refractivity contribution in [1.82, 2.24) is 19.5 Å². The molecule has 0 fully saturated rings. The van der Waals surface area contributed by atoms with Crippen LogP contribution in [0.5, 0.6) is 0 Å². The van der Waals surface area contributed by atoms with Crippen LogP contribution in [0, 0.1) is 0 Å². The molecule has 2 aromatic heterocycles. The lowest BCUT2D eigenvalue weighted by molar-refractivity contribution is -0.107. The lowest BCUT2D eigenvalue weighted by atomic mass is 10.4. The number of hydrogen-bond donors (Lipinski definition) is 1. The van der Waals surface area contributed by atoms with Crippen LogP contribution in [0.15, 0.2) is 23.5 Å². The number of H-pyrrole nitrogens is 1. The molecule has 0 atom stereocenters. The fourth-order valence-electron chi connectivity index (χ4n) is 1.20. The number of imidazole rings is 1. The number of allylic oxidation sites excluding steroid dienone is 1. The van der Waals surface area contributed by atoms with Crippen molar-refractivity contribution in [2.24, 2.45) is 0 Å². The number of hydrogen-bond acceptors (Lipinski definition) is 4. The van der Waals surface area contributed by atoms with Crippen molar-refractivity contribution in [3.8, 4) is 0 Å².